The van der Waals surface area contributed by atoms with Gasteiger partial charge in [-0.1, -0.05) is 0 Å². The van der Waals surface area contributed by atoms with E-state index in [1.165, 1.54) is 6.33 Å². The molecule has 2 rings (SSSR count). The average molecular weight is 455 g/mol. The Morgan fingerprint density at radius 1 is 1.16 bits per heavy atom. The third-order valence-electron chi connectivity index (χ3n) is 2.18. The van der Waals surface area contributed by atoms with Gasteiger partial charge in [-0.3, -0.25) is 4.79 Å². The minimum absolute atomic E-state index is 0.182. The van der Waals surface area contributed by atoms with Crippen molar-refractivity contribution >= 4 is 47.8 Å². The molecule has 0 atom stereocenters. The molecule has 0 unspecified atom stereocenters. The van der Waals surface area contributed by atoms with Crippen LogP contribution in [0.3, 0.4) is 0 Å². The van der Waals surface area contributed by atoms with E-state index in [0.717, 1.165) is 4.47 Å². The van der Waals surface area contributed by atoms with Crippen molar-refractivity contribution in [2.75, 3.05) is 7.11 Å². The van der Waals surface area contributed by atoms with Gasteiger partial charge in [0.25, 0.3) is 5.56 Å². The van der Waals surface area contributed by atoms with Crippen molar-refractivity contribution in [3.63, 3.8) is 0 Å². The predicted octanol–water partition coefficient (Wildman–Crippen LogP) is 3.86. The fraction of sp³-hybridized carbons (Fsp3) is 0.0909. The van der Waals surface area contributed by atoms with E-state index in [4.69, 9.17) is 9.47 Å². The zero-order valence-electron chi connectivity index (χ0n) is 9.54. The molecule has 8 heteroatoms. The van der Waals surface area contributed by atoms with Gasteiger partial charge in [-0.15, -0.1) is 0 Å². The van der Waals surface area contributed by atoms with E-state index in [-0.39, 0.29) is 15.9 Å². The van der Waals surface area contributed by atoms with Gasteiger partial charge >= 0.3 is 0 Å². The second-order valence-electron chi connectivity index (χ2n) is 3.37. The van der Waals surface area contributed by atoms with Gasteiger partial charge in [0.05, 0.1) is 22.4 Å². The Hall–Kier alpha value is -0.860. The number of halogens is 3. The lowest BCUT2D eigenvalue weighted by Gasteiger charge is -2.10. The summed E-state index contributed by atoms with van der Waals surface area (Å²) in [4.78, 5) is 17.8. The van der Waals surface area contributed by atoms with E-state index < -0.39 is 0 Å². The highest BCUT2D eigenvalue weighted by atomic mass is 79.9. The Kier molecular flexibility index (Phi) is 4.64. The van der Waals surface area contributed by atoms with Gasteiger partial charge in [0, 0.05) is 0 Å². The number of H-pyrrole nitrogens is 1. The number of benzene rings is 1. The first-order valence-corrected chi connectivity index (χ1v) is 7.35. The molecule has 5 nitrogen and oxygen atoms in total. The topological polar surface area (TPSA) is 64.2 Å². The van der Waals surface area contributed by atoms with E-state index in [2.05, 4.69) is 57.8 Å². The fourth-order valence-corrected chi connectivity index (χ4v) is 2.47. The first-order valence-electron chi connectivity index (χ1n) is 4.97. The highest BCUT2D eigenvalue weighted by molar-refractivity contribution is 9.11. The number of hydrogen-bond donors (Lipinski definition) is 1. The molecule has 19 heavy (non-hydrogen) atoms. The third kappa shape index (κ3) is 3.18. The van der Waals surface area contributed by atoms with Gasteiger partial charge < -0.3 is 14.5 Å². The number of rotatable bonds is 3. The molecule has 1 aromatic heterocycles. The maximum Gasteiger partial charge on any atom is 0.268 e. The molecular weight excluding hydrogens is 448 g/mol. The molecule has 0 saturated heterocycles. The second kappa shape index (κ2) is 6.06. The Morgan fingerprint density at radius 2 is 1.79 bits per heavy atom. The molecule has 0 aliphatic heterocycles. The van der Waals surface area contributed by atoms with Crippen molar-refractivity contribution < 1.29 is 9.47 Å². The minimum atomic E-state index is -0.311. The maximum atomic E-state index is 11.4. The second-order valence-corrected chi connectivity index (χ2v) is 5.87. The Labute approximate surface area is 133 Å². The summed E-state index contributed by atoms with van der Waals surface area (Å²) < 4.78 is 12.4. The molecule has 0 saturated carbocycles. The van der Waals surface area contributed by atoms with Gasteiger partial charge in [0.15, 0.2) is 0 Å². The maximum absolute atomic E-state index is 11.4. The van der Waals surface area contributed by atoms with Crippen molar-refractivity contribution in [1.29, 1.82) is 0 Å². The summed E-state index contributed by atoms with van der Waals surface area (Å²) in [6, 6.07) is 3.47. The standard InChI is InChI=1S/C11H7Br3N2O3/c1-18-7-2-6(13)8(3-5(7)12)19-11-9(14)10(17)15-4-16-11/h2-4H,1H3,(H,15,16,17). The van der Waals surface area contributed by atoms with Crippen LogP contribution < -0.4 is 15.0 Å². The first kappa shape index (κ1) is 14.5. The number of ether oxygens (including phenoxy) is 2. The van der Waals surface area contributed by atoms with Crippen molar-refractivity contribution in [3.05, 3.63) is 42.2 Å². The molecule has 0 amide bonds. The van der Waals surface area contributed by atoms with E-state index >= 15 is 0 Å². The minimum Gasteiger partial charge on any atom is -0.496 e. The smallest absolute Gasteiger partial charge is 0.268 e. The summed E-state index contributed by atoms with van der Waals surface area (Å²) in [5.74, 6) is 1.35. The van der Waals surface area contributed by atoms with Gasteiger partial charge in [0.2, 0.25) is 5.88 Å². The van der Waals surface area contributed by atoms with Crippen molar-refractivity contribution in [3.8, 4) is 17.4 Å². The van der Waals surface area contributed by atoms with Crippen LogP contribution >= 0.6 is 47.8 Å². The normalized spacial score (nSPS) is 10.3. The average Bonchev–Trinajstić information content (AvgIpc) is 2.38. The summed E-state index contributed by atoms with van der Waals surface area (Å²) in [7, 11) is 1.57. The van der Waals surface area contributed by atoms with Crippen LogP contribution in [0.2, 0.25) is 0 Å². The van der Waals surface area contributed by atoms with Crippen molar-refractivity contribution in [2.24, 2.45) is 0 Å². The molecule has 1 N–H and O–H groups in total. The molecule has 0 spiro atoms. The van der Waals surface area contributed by atoms with Crippen LogP contribution in [0.25, 0.3) is 0 Å². The van der Waals surface area contributed by atoms with Crippen LogP contribution in [0.15, 0.2) is 36.7 Å². The molecule has 0 radical (unpaired) electrons. The SMILES string of the molecule is COc1cc(Br)c(Oc2nc[nH]c(=O)c2Br)cc1Br. The van der Waals surface area contributed by atoms with E-state index in [1.54, 1.807) is 19.2 Å². The molecule has 2 aromatic rings. The van der Waals surface area contributed by atoms with Crippen LogP contribution in [0.1, 0.15) is 0 Å². The summed E-state index contributed by atoms with van der Waals surface area (Å²) in [5.41, 5.74) is -0.311. The highest BCUT2D eigenvalue weighted by Crippen LogP contribution is 2.38. The van der Waals surface area contributed by atoms with Crippen LogP contribution in [0.5, 0.6) is 17.4 Å². The van der Waals surface area contributed by atoms with Gasteiger partial charge in [-0.25, -0.2) is 4.98 Å². The van der Waals surface area contributed by atoms with Crippen LogP contribution in [0.4, 0.5) is 0 Å². The molecular formula is C11H7Br3N2O3. The summed E-state index contributed by atoms with van der Waals surface area (Å²) >= 11 is 9.86. The number of hydrogen-bond acceptors (Lipinski definition) is 4. The molecule has 1 aromatic carbocycles. The van der Waals surface area contributed by atoms with E-state index in [9.17, 15) is 4.79 Å². The molecule has 100 valence electrons. The molecule has 0 aliphatic carbocycles. The predicted molar refractivity (Wildman–Crippen MR) is 81.0 cm³/mol. The summed E-state index contributed by atoms with van der Waals surface area (Å²) in [6.45, 7) is 0. The number of aromatic amines is 1. The monoisotopic (exact) mass is 452 g/mol. The fourth-order valence-electron chi connectivity index (χ4n) is 1.29. The Balaban J connectivity index is 2.41. The van der Waals surface area contributed by atoms with E-state index in [0.29, 0.717) is 16.0 Å². The summed E-state index contributed by atoms with van der Waals surface area (Å²) in [6.07, 6.45) is 1.27. The Bertz CT molecular complexity index is 673. The van der Waals surface area contributed by atoms with E-state index in [1.807, 2.05) is 0 Å². The lowest BCUT2D eigenvalue weighted by Crippen LogP contribution is -2.08. The van der Waals surface area contributed by atoms with Crippen molar-refractivity contribution in [2.45, 2.75) is 0 Å². The lowest BCUT2D eigenvalue weighted by molar-refractivity contribution is 0.408. The molecule has 0 fully saturated rings. The first-order chi connectivity index (χ1) is 9.02. The number of aromatic nitrogens is 2. The highest BCUT2D eigenvalue weighted by Gasteiger charge is 2.13. The van der Waals surface area contributed by atoms with Crippen LogP contribution in [-0.2, 0) is 0 Å². The van der Waals surface area contributed by atoms with Crippen LogP contribution in [0, 0.1) is 0 Å². The van der Waals surface area contributed by atoms with Crippen molar-refractivity contribution in [1.82, 2.24) is 9.97 Å². The number of nitrogens with zero attached hydrogens (tertiary/aromatic N) is 1. The quantitative estimate of drug-likeness (QED) is 0.765. The van der Waals surface area contributed by atoms with Crippen LogP contribution in [-0.4, -0.2) is 17.1 Å². The van der Waals surface area contributed by atoms with Gasteiger partial charge in [-0.2, -0.15) is 0 Å². The zero-order chi connectivity index (χ0) is 14.0. The largest absolute Gasteiger partial charge is 0.496 e. The number of methoxy groups -OCH3 is 1. The third-order valence-corrected chi connectivity index (χ3v) is 4.12. The molecule has 0 bridgehead atoms. The van der Waals surface area contributed by atoms with Gasteiger partial charge in [0.1, 0.15) is 16.0 Å². The summed E-state index contributed by atoms with van der Waals surface area (Å²) in [5, 5.41) is 0. The molecule has 1 heterocycles. The number of nitrogens with one attached hydrogen (secondary N) is 1. The van der Waals surface area contributed by atoms with Gasteiger partial charge in [-0.05, 0) is 59.9 Å². The Morgan fingerprint density at radius 3 is 2.47 bits per heavy atom. The zero-order valence-corrected chi connectivity index (χ0v) is 14.3. The lowest BCUT2D eigenvalue weighted by atomic mass is 10.3. The molecule has 0 aliphatic rings.